The van der Waals surface area contributed by atoms with Crippen molar-refractivity contribution in [3.8, 4) is 0 Å². The van der Waals surface area contributed by atoms with Crippen LogP contribution in [0, 0.1) is 0 Å². The van der Waals surface area contributed by atoms with Crippen molar-refractivity contribution in [3.63, 3.8) is 0 Å². The number of aromatic nitrogens is 2. The number of anilines is 1. The van der Waals surface area contributed by atoms with E-state index < -0.39 is 0 Å². The Morgan fingerprint density at radius 1 is 1.57 bits per heavy atom. The van der Waals surface area contributed by atoms with Crippen LogP contribution in [0.2, 0.25) is 0 Å². The van der Waals surface area contributed by atoms with Crippen LogP contribution in [0.1, 0.15) is 20.3 Å². The predicted molar refractivity (Wildman–Crippen MR) is 77.7 cm³/mol. The van der Waals surface area contributed by atoms with Gasteiger partial charge in [-0.05, 0) is 13.8 Å². The monoisotopic (exact) mass is 295 g/mol. The highest BCUT2D eigenvalue weighted by atomic mass is 16.5. The molecule has 8 nitrogen and oxygen atoms in total. The molecule has 2 heterocycles. The Bertz CT molecular complexity index is 569. The number of ether oxygens (including phenoxy) is 1. The summed E-state index contributed by atoms with van der Waals surface area (Å²) in [4.78, 5) is 25.2. The van der Waals surface area contributed by atoms with Gasteiger partial charge in [-0.3, -0.25) is 15.0 Å². The number of morpholine rings is 1. The second kappa shape index (κ2) is 6.23. The van der Waals surface area contributed by atoms with Gasteiger partial charge in [0.15, 0.2) is 0 Å². The van der Waals surface area contributed by atoms with E-state index in [9.17, 15) is 9.59 Å². The summed E-state index contributed by atoms with van der Waals surface area (Å²) in [5.74, 6) is 4.66. The van der Waals surface area contributed by atoms with Gasteiger partial charge in [-0.1, -0.05) is 0 Å². The molecule has 1 fully saturated rings. The lowest BCUT2D eigenvalue weighted by Gasteiger charge is -2.39. The second-order valence-electron chi connectivity index (χ2n) is 5.62. The lowest BCUT2D eigenvalue weighted by molar-refractivity contribution is -0.121. The Labute approximate surface area is 122 Å². The van der Waals surface area contributed by atoms with Gasteiger partial charge in [-0.25, -0.2) is 10.5 Å². The van der Waals surface area contributed by atoms with Gasteiger partial charge in [0.05, 0.1) is 30.6 Å². The number of hydrogen-bond acceptors (Lipinski definition) is 6. The molecule has 1 amide bonds. The first-order valence-corrected chi connectivity index (χ1v) is 6.87. The maximum absolute atomic E-state index is 12.0. The number of nitrogens with one attached hydrogen (secondary N) is 1. The molecule has 0 bridgehead atoms. The number of nitrogens with zero attached hydrogens (tertiary/aromatic N) is 3. The molecule has 1 aliphatic heterocycles. The van der Waals surface area contributed by atoms with Crippen molar-refractivity contribution in [1.29, 1.82) is 0 Å². The summed E-state index contributed by atoms with van der Waals surface area (Å²) >= 11 is 0. The van der Waals surface area contributed by atoms with Crippen LogP contribution in [0.3, 0.4) is 0 Å². The van der Waals surface area contributed by atoms with Crippen LogP contribution in [-0.2, 0) is 16.1 Å². The quantitative estimate of drug-likeness (QED) is 0.430. The number of amides is 1. The van der Waals surface area contributed by atoms with E-state index >= 15 is 0 Å². The molecule has 0 unspecified atom stereocenters. The molecule has 1 aliphatic rings. The smallest absolute Gasteiger partial charge is 0.268 e. The molecule has 0 spiro atoms. The summed E-state index contributed by atoms with van der Waals surface area (Å²) < 4.78 is 6.90. The molecular formula is C13H21N5O3. The number of hydrazine groups is 1. The van der Waals surface area contributed by atoms with E-state index in [0.717, 1.165) is 12.2 Å². The number of hydrogen-bond donors (Lipinski definition) is 2. The molecule has 1 saturated heterocycles. The first kappa shape index (κ1) is 15.5. The summed E-state index contributed by atoms with van der Waals surface area (Å²) in [6.07, 6.45) is 1.76. The summed E-state index contributed by atoms with van der Waals surface area (Å²) in [6, 6.07) is 1.54. The molecule has 1 aromatic heterocycles. The van der Waals surface area contributed by atoms with E-state index in [1.165, 1.54) is 10.7 Å². The molecule has 21 heavy (non-hydrogen) atoms. The number of nitrogens with two attached hydrogens (primary N) is 1. The molecule has 2 rings (SSSR count). The Morgan fingerprint density at radius 2 is 2.33 bits per heavy atom. The normalized spacial score (nSPS) is 17.6. The zero-order valence-electron chi connectivity index (χ0n) is 12.3. The molecule has 0 saturated carbocycles. The molecule has 0 radical (unpaired) electrons. The van der Waals surface area contributed by atoms with Crippen molar-refractivity contribution in [1.82, 2.24) is 15.2 Å². The molecule has 0 atom stereocenters. The van der Waals surface area contributed by atoms with Crippen LogP contribution in [-0.4, -0.2) is 41.0 Å². The van der Waals surface area contributed by atoms with Crippen molar-refractivity contribution >= 4 is 11.6 Å². The van der Waals surface area contributed by atoms with Crippen molar-refractivity contribution in [3.05, 3.63) is 22.6 Å². The van der Waals surface area contributed by atoms with E-state index in [0.29, 0.717) is 13.2 Å². The van der Waals surface area contributed by atoms with Gasteiger partial charge in [0, 0.05) is 25.6 Å². The van der Waals surface area contributed by atoms with Gasteiger partial charge in [0.1, 0.15) is 0 Å². The average Bonchev–Trinajstić information content (AvgIpc) is 2.44. The lowest BCUT2D eigenvalue weighted by atomic mass is 10.1. The first-order valence-electron chi connectivity index (χ1n) is 6.87. The van der Waals surface area contributed by atoms with Crippen molar-refractivity contribution in [2.24, 2.45) is 5.84 Å². The Kier molecular flexibility index (Phi) is 4.59. The zero-order chi connectivity index (χ0) is 15.5. The number of carbonyl (C=O) groups excluding carboxylic acids is 1. The second-order valence-corrected chi connectivity index (χ2v) is 5.62. The summed E-state index contributed by atoms with van der Waals surface area (Å²) in [5.41, 5.74) is 2.32. The van der Waals surface area contributed by atoms with Crippen LogP contribution in [0.4, 0.5) is 5.69 Å². The van der Waals surface area contributed by atoms with E-state index in [2.05, 4.69) is 10.00 Å². The summed E-state index contributed by atoms with van der Waals surface area (Å²) in [7, 11) is 0. The van der Waals surface area contributed by atoms with E-state index in [-0.39, 0.29) is 30.0 Å². The van der Waals surface area contributed by atoms with Gasteiger partial charge in [-0.15, -0.1) is 0 Å². The molecule has 116 valence electrons. The predicted octanol–water partition coefficient (Wildman–Crippen LogP) is -0.761. The van der Waals surface area contributed by atoms with Crippen LogP contribution in [0.25, 0.3) is 0 Å². The van der Waals surface area contributed by atoms with Gasteiger partial charge < -0.3 is 9.64 Å². The Hall–Kier alpha value is -1.93. The van der Waals surface area contributed by atoms with Crippen LogP contribution < -0.4 is 21.7 Å². The molecule has 0 aromatic carbocycles. The maximum Gasteiger partial charge on any atom is 0.268 e. The van der Waals surface area contributed by atoms with Crippen LogP contribution >= 0.6 is 0 Å². The van der Waals surface area contributed by atoms with Crippen molar-refractivity contribution in [2.75, 3.05) is 24.6 Å². The molecule has 8 heteroatoms. The van der Waals surface area contributed by atoms with Gasteiger partial charge in [-0.2, -0.15) is 5.10 Å². The fraction of sp³-hybridized carbons (Fsp3) is 0.615. The third-order valence-corrected chi connectivity index (χ3v) is 3.36. The fourth-order valence-corrected chi connectivity index (χ4v) is 2.28. The van der Waals surface area contributed by atoms with Crippen LogP contribution in [0.15, 0.2) is 17.1 Å². The standard InChI is InChI=1S/C13H21N5O3/c1-13(2)9-17(5-6-21-13)10-7-12(20)18(15-8-10)4-3-11(19)16-14/h7-8H,3-6,9,14H2,1-2H3,(H,16,19). The van der Waals surface area contributed by atoms with E-state index in [1.807, 2.05) is 19.3 Å². The molecule has 0 aliphatic carbocycles. The van der Waals surface area contributed by atoms with Gasteiger partial charge >= 0.3 is 0 Å². The van der Waals surface area contributed by atoms with Gasteiger partial charge in [0.25, 0.3) is 5.56 Å². The third-order valence-electron chi connectivity index (χ3n) is 3.36. The minimum Gasteiger partial charge on any atom is -0.372 e. The summed E-state index contributed by atoms with van der Waals surface area (Å²) in [6.45, 7) is 6.28. The maximum atomic E-state index is 12.0. The summed E-state index contributed by atoms with van der Waals surface area (Å²) in [5, 5.41) is 4.11. The first-order chi connectivity index (χ1) is 9.91. The Morgan fingerprint density at radius 3 is 2.95 bits per heavy atom. The zero-order valence-corrected chi connectivity index (χ0v) is 12.3. The van der Waals surface area contributed by atoms with Gasteiger partial charge in [0.2, 0.25) is 5.91 Å². The Balaban J connectivity index is 2.08. The van der Waals surface area contributed by atoms with E-state index in [4.69, 9.17) is 10.6 Å². The SMILES string of the molecule is CC1(C)CN(c2cnn(CCC(=O)NN)c(=O)c2)CCO1. The highest BCUT2D eigenvalue weighted by Gasteiger charge is 2.27. The minimum atomic E-state index is -0.331. The fourth-order valence-electron chi connectivity index (χ4n) is 2.28. The molecular weight excluding hydrogens is 274 g/mol. The topological polar surface area (TPSA) is 102 Å². The average molecular weight is 295 g/mol. The lowest BCUT2D eigenvalue weighted by Crippen LogP contribution is -2.48. The number of rotatable bonds is 4. The van der Waals surface area contributed by atoms with Crippen molar-refractivity contribution in [2.45, 2.75) is 32.4 Å². The number of carbonyl (C=O) groups is 1. The molecule has 3 N–H and O–H groups in total. The third kappa shape index (κ3) is 4.02. The van der Waals surface area contributed by atoms with E-state index in [1.54, 1.807) is 6.20 Å². The highest BCUT2D eigenvalue weighted by Crippen LogP contribution is 2.21. The highest BCUT2D eigenvalue weighted by molar-refractivity contribution is 5.74. The number of aryl methyl sites for hydroxylation is 1. The minimum absolute atomic E-state index is 0.118. The molecule has 1 aromatic rings. The van der Waals surface area contributed by atoms with Crippen molar-refractivity contribution < 1.29 is 9.53 Å². The largest absolute Gasteiger partial charge is 0.372 e. The van der Waals surface area contributed by atoms with Crippen LogP contribution in [0.5, 0.6) is 0 Å².